The zero-order valence-corrected chi connectivity index (χ0v) is 18.1. The highest BCUT2D eigenvalue weighted by atomic mass is 127. The van der Waals surface area contributed by atoms with Gasteiger partial charge in [0.05, 0.1) is 0 Å². The van der Waals surface area contributed by atoms with Crippen LogP contribution in [0.3, 0.4) is 0 Å². The SMILES string of the molecule is CCCN=C(NCCCc1ccccc1)NCCn1cnnc1CC.I. The molecular formula is C19H31IN6. The second kappa shape index (κ2) is 13.5. The first-order valence-electron chi connectivity index (χ1n) is 9.26. The number of halogens is 1. The fourth-order valence-corrected chi connectivity index (χ4v) is 2.58. The Kier molecular flexibility index (Phi) is 11.7. The molecule has 0 spiro atoms. The third-order valence-electron chi connectivity index (χ3n) is 3.93. The summed E-state index contributed by atoms with van der Waals surface area (Å²) < 4.78 is 2.08. The number of aliphatic imine (C=N–C) groups is 1. The predicted octanol–water partition coefficient (Wildman–Crippen LogP) is 3.04. The van der Waals surface area contributed by atoms with Crippen LogP contribution in [-0.2, 0) is 19.4 Å². The summed E-state index contributed by atoms with van der Waals surface area (Å²) in [6.45, 7) is 7.63. The van der Waals surface area contributed by atoms with E-state index >= 15 is 0 Å². The highest BCUT2D eigenvalue weighted by Gasteiger charge is 2.02. The fraction of sp³-hybridized carbons (Fsp3) is 0.526. The zero-order valence-electron chi connectivity index (χ0n) is 15.8. The standard InChI is InChI=1S/C19H30N6.HI/c1-3-12-20-19(21-13-8-11-17-9-6-5-7-10-17)22-14-15-25-16-23-24-18(25)4-2;/h5-7,9-10,16H,3-4,8,11-15H2,1-2H3,(H2,20,21,22);1H. The normalized spacial score (nSPS) is 11.1. The Hall–Kier alpha value is -1.64. The van der Waals surface area contributed by atoms with Crippen LogP contribution in [0, 0.1) is 0 Å². The largest absolute Gasteiger partial charge is 0.356 e. The van der Waals surface area contributed by atoms with Crippen LogP contribution in [-0.4, -0.2) is 40.4 Å². The van der Waals surface area contributed by atoms with Crippen molar-refractivity contribution in [1.82, 2.24) is 25.4 Å². The van der Waals surface area contributed by atoms with Gasteiger partial charge in [-0.15, -0.1) is 34.2 Å². The van der Waals surface area contributed by atoms with Crippen molar-refractivity contribution in [2.45, 2.75) is 46.1 Å². The van der Waals surface area contributed by atoms with Crippen LogP contribution in [0.15, 0.2) is 41.7 Å². The van der Waals surface area contributed by atoms with Crippen molar-refractivity contribution in [3.05, 3.63) is 48.0 Å². The molecular weight excluding hydrogens is 439 g/mol. The molecule has 1 aromatic carbocycles. The number of hydrogen-bond donors (Lipinski definition) is 2. The molecule has 0 aliphatic heterocycles. The molecule has 7 heteroatoms. The molecule has 0 atom stereocenters. The van der Waals surface area contributed by atoms with Crippen molar-refractivity contribution in [3.8, 4) is 0 Å². The lowest BCUT2D eigenvalue weighted by Gasteiger charge is -2.13. The summed E-state index contributed by atoms with van der Waals surface area (Å²) in [5, 5.41) is 14.9. The van der Waals surface area contributed by atoms with Crippen LogP contribution in [0.5, 0.6) is 0 Å². The average Bonchev–Trinajstić information content (AvgIpc) is 3.11. The van der Waals surface area contributed by atoms with Gasteiger partial charge in [0.1, 0.15) is 12.2 Å². The Bertz CT molecular complexity index is 626. The summed E-state index contributed by atoms with van der Waals surface area (Å²) in [6.07, 6.45) is 5.89. The second-order valence-electron chi connectivity index (χ2n) is 5.97. The van der Waals surface area contributed by atoms with Gasteiger partial charge in [0, 0.05) is 32.6 Å². The van der Waals surface area contributed by atoms with Crippen molar-refractivity contribution < 1.29 is 0 Å². The minimum atomic E-state index is 0. The quantitative estimate of drug-likeness (QED) is 0.243. The Labute approximate surface area is 173 Å². The van der Waals surface area contributed by atoms with Gasteiger partial charge in [-0.2, -0.15) is 0 Å². The summed E-state index contributed by atoms with van der Waals surface area (Å²) in [7, 11) is 0. The highest BCUT2D eigenvalue weighted by Crippen LogP contribution is 2.01. The van der Waals surface area contributed by atoms with E-state index in [1.54, 1.807) is 6.33 Å². The Balaban J connectivity index is 0.00000338. The summed E-state index contributed by atoms with van der Waals surface area (Å²) >= 11 is 0. The van der Waals surface area contributed by atoms with E-state index in [1.165, 1.54) is 5.56 Å². The van der Waals surface area contributed by atoms with E-state index in [4.69, 9.17) is 0 Å². The lowest BCUT2D eigenvalue weighted by Crippen LogP contribution is -2.39. The minimum absolute atomic E-state index is 0. The molecule has 0 unspecified atom stereocenters. The van der Waals surface area contributed by atoms with E-state index in [-0.39, 0.29) is 24.0 Å². The number of guanidine groups is 1. The molecule has 0 fully saturated rings. The molecule has 2 rings (SSSR count). The zero-order chi connectivity index (χ0) is 17.7. The summed E-state index contributed by atoms with van der Waals surface area (Å²) in [4.78, 5) is 4.60. The Morgan fingerprint density at radius 3 is 2.62 bits per heavy atom. The number of benzene rings is 1. The minimum Gasteiger partial charge on any atom is -0.356 e. The summed E-state index contributed by atoms with van der Waals surface area (Å²) in [5.74, 6) is 1.91. The monoisotopic (exact) mass is 470 g/mol. The molecule has 0 aliphatic rings. The van der Waals surface area contributed by atoms with Gasteiger partial charge in [-0.05, 0) is 24.8 Å². The molecule has 0 saturated carbocycles. The third kappa shape index (κ3) is 8.16. The molecule has 1 aromatic heterocycles. The maximum Gasteiger partial charge on any atom is 0.191 e. The van der Waals surface area contributed by atoms with E-state index in [1.807, 2.05) is 0 Å². The number of aromatic nitrogens is 3. The van der Waals surface area contributed by atoms with Gasteiger partial charge in [0.2, 0.25) is 0 Å². The van der Waals surface area contributed by atoms with Crippen LogP contribution in [0.1, 0.15) is 38.1 Å². The Morgan fingerprint density at radius 2 is 1.88 bits per heavy atom. The molecule has 6 nitrogen and oxygen atoms in total. The van der Waals surface area contributed by atoms with E-state index in [0.717, 1.165) is 63.6 Å². The molecule has 0 saturated heterocycles. The first-order chi connectivity index (χ1) is 12.3. The number of hydrogen-bond acceptors (Lipinski definition) is 3. The summed E-state index contributed by atoms with van der Waals surface area (Å²) in [6, 6.07) is 10.6. The average molecular weight is 470 g/mol. The molecule has 2 aromatic rings. The second-order valence-corrected chi connectivity index (χ2v) is 5.97. The number of rotatable bonds is 10. The number of aryl methyl sites for hydroxylation is 2. The van der Waals surface area contributed by atoms with Crippen LogP contribution < -0.4 is 10.6 Å². The van der Waals surface area contributed by atoms with Crippen molar-refractivity contribution in [2.75, 3.05) is 19.6 Å². The first-order valence-corrected chi connectivity index (χ1v) is 9.26. The van der Waals surface area contributed by atoms with Gasteiger partial charge in [0.25, 0.3) is 0 Å². The van der Waals surface area contributed by atoms with Crippen molar-refractivity contribution >= 4 is 29.9 Å². The first kappa shape index (κ1) is 22.4. The number of nitrogens with one attached hydrogen (secondary N) is 2. The van der Waals surface area contributed by atoms with Gasteiger partial charge in [-0.3, -0.25) is 4.99 Å². The van der Waals surface area contributed by atoms with Gasteiger partial charge < -0.3 is 15.2 Å². The predicted molar refractivity (Wildman–Crippen MR) is 118 cm³/mol. The fourth-order valence-electron chi connectivity index (χ4n) is 2.58. The van der Waals surface area contributed by atoms with Crippen molar-refractivity contribution in [2.24, 2.45) is 4.99 Å². The maximum absolute atomic E-state index is 4.60. The van der Waals surface area contributed by atoms with Crippen LogP contribution in [0.2, 0.25) is 0 Å². The van der Waals surface area contributed by atoms with Crippen LogP contribution in [0.25, 0.3) is 0 Å². The smallest absolute Gasteiger partial charge is 0.191 e. The maximum atomic E-state index is 4.60. The van der Waals surface area contributed by atoms with Gasteiger partial charge in [-0.1, -0.05) is 44.2 Å². The topological polar surface area (TPSA) is 67.1 Å². The molecule has 0 amide bonds. The lowest BCUT2D eigenvalue weighted by atomic mass is 10.1. The molecule has 0 radical (unpaired) electrons. The Morgan fingerprint density at radius 1 is 1.12 bits per heavy atom. The number of nitrogens with zero attached hydrogens (tertiary/aromatic N) is 4. The van der Waals surface area contributed by atoms with Crippen molar-refractivity contribution in [3.63, 3.8) is 0 Å². The molecule has 0 bridgehead atoms. The highest BCUT2D eigenvalue weighted by molar-refractivity contribution is 14.0. The van der Waals surface area contributed by atoms with E-state index < -0.39 is 0 Å². The molecule has 1 heterocycles. The van der Waals surface area contributed by atoms with E-state index in [9.17, 15) is 0 Å². The van der Waals surface area contributed by atoms with Crippen molar-refractivity contribution in [1.29, 1.82) is 0 Å². The lowest BCUT2D eigenvalue weighted by molar-refractivity contribution is 0.629. The molecule has 144 valence electrons. The van der Waals surface area contributed by atoms with Gasteiger partial charge >= 0.3 is 0 Å². The van der Waals surface area contributed by atoms with E-state index in [2.05, 4.69) is 74.6 Å². The van der Waals surface area contributed by atoms with Gasteiger partial charge in [-0.25, -0.2) is 0 Å². The third-order valence-corrected chi connectivity index (χ3v) is 3.93. The molecule has 0 aliphatic carbocycles. The van der Waals surface area contributed by atoms with Crippen LogP contribution >= 0.6 is 24.0 Å². The molecule has 2 N–H and O–H groups in total. The van der Waals surface area contributed by atoms with Gasteiger partial charge in [0.15, 0.2) is 5.96 Å². The van der Waals surface area contributed by atoms with Crippen LogP contribution in [0.4, 0.5) is 0 Å². The molecule has 26 heavy (non-hydrogen) atoms. The summed E-state index contributed by atoms with van der Waals surface area (Å²) in [5.41, 5.74) is 1.38. The van der Waals surface area contributed by atoms with E-state index in [0.29, 0.717) is 0 Å².